The highest BCUT2D eigenvalue weighted by Crippen LogP contribution is 2.57. The molecule has 2 atom stereocenters. The van der Waals surface area contributed by atoms with E-state index in [1.165, 1.54) is 19.9 Å². The summed E-state index contributed by atoms with van der Waals surface area (Å²) in [4.78, 5) is 11.8. The fourth-order valence-corrected chi connectivity index (χ4v) is 5.01. The standard InChI is InChI=1S/C22H22ClF3N2O3/c1-10-7-12-16(18(30)17(10)23)20(2,3)9-21(31,22(24,25)26)19(12)28-14-6-4-5-13-11(14)8-15(29)27-13/h4-7,19,28,30-31H,8-9H2,1-3H3,(H,27,29). The van der Waals surface area contributed by atoms with Gasteiger partial charge in [0.2, 0.25) is 5.91 Å². The van der Waals surface area contributed by atoms with E-state index in [-0.39, 0.29) is 34.2 Å². The quantitative estimate of drug-likeness (QED) is 0.516. The molecule has 9 heteroatoms. The number of aliphatic hydroxyl groups is 1. The molecule has 166 valence electrons. The van der Waals surface area contributed by atoms with Gasteiger partial charge in [0.1, 0.15) is 5.75 Å². The Hall–Kier alpha value is -2.45. The Balaban J connectivity index is 1.95. The molecule has 4 N–H and O–H groups in total. The van der Waals surface area contributed by atoms with Crippen LogP contribution in [0.5, 0.6) is 5.75 Å². The largest absolute Gasteiger partial charge is 0.506 e. The van der Waals surface area contributed by atoms with E-state index in [4.69, 9.17) is 11.6 Å². The van der Waals surface area contributed by atoms with Gasteiger partial charge in [-0.3, -0.25) is 4.79 Å². The number of phenols is 1. The minimum absolute atomic E-state index is 0.0128. The van der Waals surface area contributed by atoms with Gasteiger partial charge in [-0.2, -0.15) is 13.2 Å². The first-order chi connectivity index (χ1) is 14.3. The van der Waals surface area contributed by atoms with E-state index in [9.17, 15) is 28.2 Å². The number of aryl methyl sites for hydroxylation is 1. The van der Waals surface area contributed by atoms with Crippen LogP contribution in [0.1, 0.15) is 48.6 Å². The summed E-state index contributed by atoms with van der Waals surface area (Å²) in [7, 11) is 0. The number of halogens is 4. The molecule has 0 spiro atoms. The number of carbonyl (C=O) groups excluding carboxylic acids is 1. The SMILES string of the molecule is Cc1cc2c(c(O)c1Cl)C(C)(C)CC(O)(C(F)(F)F)C2Nc1cccc2c1CC(=O)N2. The summed E-state index contributed by atoms with van der Waals surface area (Å²) in [6.45, 7) is 4.65. The first kappa shape index (κ1) is 21.8. The summed E-state index contributed by atoms with van der Waals surface area (Å²) in [5.41, 5.74) is -2.23. The van der Waals surface area contributed by atoms with Crippen molar-refractivity contribution in [1.29, 1.82) is 0 Å². The van der Waals surface area contributed by atoms with Crippen LogP contribution in [-0.4, -0.2) is 27.9 Å². The summed E-state index contributed by atoms with van der Waals surface area (Å²) in [5.74, 6) is -0.548. The molecule has 4 rings (SSSR count). The second-order valence-corrected chi connectivity index (χ2v) is 9.31. The topological polar surface area (TPSA) is 81.6 Å². The summed E-state index contributed by atoms with van der Waals surface area (Å²) >= 11 is 6.20. The second-order valence-electron chi connectivity index (χ2n) is 8.94. The van der Waals surface area contributed by atoms with Gasteiger partial charge in [-0.15, -0.1) is 0 Å². The molecule has 5 nitrogen and oxygen atoms in total. The van der Waals surface area contributed by atoms with Gasteiger partial charge in [-0.1, -0.05) is 37.6 Å². The van der Waals surface area contributed by atoms with Crippen LogP contribution < -0.4 is 10.6 Å². The Morgan fingerprint density at radius 3 is 2.61 bits per heavy atom. The molecule has 0 aromatic heterocycles. The number of alkyl halides is 3. The van der Waals surface area contributed by atoms with E-state index in [2.05, 4.69) is 10.6 Å². The summed E-state index contributed by atoms with van der Waals surface area (Å²) in [5, 5.41) is 27.4. The van der Waals surface area contributed by atoms with E-state index >= 15 is 0 Å². The molecule has 0 bridgehead atoms. The number of fused-ring (bicyclic) bond motifs is 2. The number of phenolic OH excluding ortho intramolecular Hbond substituents is 1. The van der Waals surface area contributed by atoms with E-state index in [0.717, 1.165) is 0 Å². The van der Waals surface area contributed by atoms with Gasteiger partial charge in [0.25, 0.3) is 0 Å². The van der Waals surface area contributed by atoms with Crippen molar-refractivity contribution in [2.75, 3.05) is 10.6 Å². The average molecular weight is 455 g/mol. The number of nitrogens with one attached hydrogen (secondary N) is 2. The lowest BCUT2D eigenvalue weighted by Crippen LogP contribution is -2.58. The monoisotopic (exact) mass is 454 g/mol. The number of amides is 1. The third kappa shape index (κ3) is 3.24. The van der Waals surface area contributed by atoms with Crippen LogP contribution in [-0.2, 0) is 16.6 Å². The molecule has 0 radical (unpaired) electrons. The van der Waals surface area contributed by atoms with Crippen LogP contribution in [0.25, 0.3) is 0 Å². The van der Waals surface area contributed by atoms with Crippen molar-refractivity contribution < 1.29 is 28.2 Å². The predicted molar refractivity (Wildman–Crippen MR) is 112 cm³/mol. The van der Waals surface area contributed by atoms with Crippen LogP contribution in [0.3, 0.4) is 0 Å². The highest BCUT2D eigenvalue weighted by Gasteiger charge is 2.64. The third-order valence-electron chi connectivity index (χ3n) is 6.21. The van der Waals surface area contributed by atoms with Crippen LogP contribution in [0.15, 0.2) is 24.3 Å². The normalized spacial score (nSPS) is 24.4. The van der Waals surface area contributed by atoms with Crippen molar-refractivity contribution in [2.24, 2.45) is 0 Å². The maximum Gasteiger partial charge on any atom is 0.419 e. The molecule has 2 aromatic carbocycles. The highest BCUT2D eigenvalue weighted by atomic mass is 35.5. The predicted octanol–water partition coefficient (Wildman–Crippen LogP) is 4.98. The van der Waals surface area contributed by atoms with Gasteiger partial charge in [-0.25, -0.2) is 0 Å². The molecule has 0 saturated heterocycles. The number of hydrogen-bond acceptors (Lipinski definition) is 4. The van der Waals surface area contributed by atoms with Crippen molar-refractivity contribution in [3.8, 4) is 5.75 Å². The van der Waals surface area contributed by atoms with Gasteiger partial charge in [-0.05, 0) is 42.0 Å². The Morgan fingerprint density at radius 2 is 1.97 bits per heavy atom. The van der Waals surface area contributed by atoms with Crippen LogP contribution in [0.2, 0.25) is 5.02 Å². The van der Waals surface area contributed by atoms with E-state index < -0.39 is 29.7 Å². The Labute approximate surface area is 182 Å². The number of carbonyl (C=O) groups is 1. The average Bonchev–Trinajstić information content (AvgIpc) is 3.02. The lowest BCUT2D eigenvalue weighted by Gasteiger charge is -2.49. The second kappa shape index (κ2) is 6.77. The maximum atomic E-state index is 14.3. The molecule has 2 aliphatic rings. The fraction of sp³-hybridized carbons (Fsp3) is 0.409. The molecule has 31 heavy (non-hydrogen) atoms. The molecule has 0 fully saturated rings. The molecule has 1 amide bonds. The van der Waals surface area contributed by atoms with Gasteiger partial charge >= 0.3 is 6.18 Å². The fourth-order valence-electron chi connectivity index (χ4n) is 4.86. The van der Waals surface area contributed by atoms with Gasteiger partial charge in [0, 0.05) is 22.5 Å². The first-order valence-electron chi connectivity index (χ1n) is 9.76. The smallest absolute Gasteiger partial charge is 0.419 e. The molecule has 2 aromatic rings. The number of hydrogen-bond donors (Lipinski definition) is 4. The summed E-state index contributed by atoms with van der Waals surface area (Å²) < 4.78 is 42.9. The lowest BCUT2D eigenvalue weighted by atomic mass is 9.63. The van der Waals surface area contributed by atoms with E-state index in [0.29, 0.717) is 22.5 Å². The Bertz CT molecular complexity index is 1100. The molecular weight excluding hydrogens is 433 g/mol. The zero-order valence-electron chi connectivity index (χ0n) is 17.1. The third-order valence-corrected chi connectivity index (χ3v) is 6.68. The molecule has 1 heterocycles. The van der Waals surface area contributed by atoms with Gasteiger partial charge in [0.15, 0.2) is 5.60 Å². The van der Waals surface area contributed by atoms with Crippen molar-refractivity contribution >= 4 is 28.9 Å². The zero-order valence-corrected chi connectivity index (χ0v) is 17.9. The minimum Gasteiger partial charge on any atom is -0.506 e. The molecule has 0 saturated carbocycles. The number of rotatable bonds is 2. The van der Waals surface area contributed by atoms with Gasteiger partial charge < -0.3 is 20.8 Å². The van der Waals surface area contributed by atoms with Crippen molar-refractivity contribution in [2.45, 2.75) is 56.8 Å². The summed E-state index contributed by atoms with van der Waals surface area (Å²) in [6, 6.07) is 4.68. The number of aromatic hydroxyl groups is 1. The first-order valence-corrected chi connectivity index (χ1v) is 10.1. The van der Waals surface area contributed by atoms with Crippen molar-refractivity contribution in [1.82, 2.24) is 0 Å². The Kier molecular flexibility index (Phi) is 4.76. The van der Waals surface area contributed by atoms with Crippen molar-refractivity contribution in [3.63, 3.8) is 0 Å². The lowest BCUT2D eigenvalue weighted by molar-refractivity contribution is -0.276. The number of anilines is 2. The van der Waals surface area contributed by atoms with Crippen LogP contribution >= 0.6 is 11.6 Å². The minimum atomic E-state index is -4.96. The highest BCUT2D eigenvalue weighted by molar-refractivity contribution is 6.33. The van der Waals surface area contributed by atoms with Crippen molar-refractivity contribution in [3.05, 3.63) is 51.5 Å². The molecule has 2 unspecified atom stereocenters. The summed E-state index contributed by atoms with van der Waals surface area (Å²) in [6.07, 6.45) is -5.64. The van der Waals surface area contributed by atoms with E-state index in [1.54, 1.807) is 25.1 Å². The molecular formula is C22H22ClF3N2O3. The molecule has 1 aliphatic carbocycles. The molecule has 1 aliphatic heterocycles. The van der Waals surface area contributed by atoms with Crippen LogP contribution in [0, 0.1) is 6.92 Å². The van der Waals surface area contributed by atoms with Gasteiger partial charge in [0.05, 0.1) is 17.5 Å². The maximum absolute atomic E-state index is 14.3. The van der Waals surface area contributed by atoms with Crippen LogP contribution in [0.4, 0.5) is 24.5 Å². The van der Waals surface area contributed by atoms with E-state index in [1.807, 2.05) is 0 Å². The zero-order chi connectivity index (χ0) is 22.9. The Morgan fingerprint density at radius 1 is 1.29 bits per heavy atom. The number of benzene rings is 2.